The Balaban J connectivity index is 1.33. The molecule has 1 aliphatic heterocycles. The maximum absolute atomic E-state index is 12.4. The molecule has 1 fully saturated rings. The zero-order valence-corrected chi connectivity index (χ0v) is 20.5. The predicted octanol–water partition coefficient (Wildman–Crippen LogP) is 4.78. The number of carbonyl (C=O) groups is 2. The molecule has 0 unspecified atom stereocenters. The minimum atomic E-state index is -0.307. The van der Waals surface area contributed by atoms with Crippen molar-refractivity contribution in [1.82, 2.24) is 10.2 Å². The van der Waals surface area contributed by atoms with Gasteiger partial charge in [0.05, 0.1) is 17.0 Å². The fourth-order valence-electron chi connectivity index (χ4n) is 3.51. The van der Waals surface area contributed by atoms with Crippen molar-refractivity contribution in [3.63, 3.8) is 0 Å². The van der Waals surface area contributed by atoms with Crippen molar-refractivity contribution in [3.8, 4) is 0 Å². The van der Waals surface area contributed by atoms with Crippen LogP contribution in [0.5, 0.6) is 0 Å². The van der Waals surface area contributed by atoms with Crippen LogP contribution < -0.4 is 15.5 Å². The molecule has 1 aliphatic rings. The molecule has 170 valence electrons. The third-order valence-corrected chi connectivity index (χ3v) is 6.16. The third kappa shape index (κ3) is 5.73. The summed E-state index contributed by atoms with van der Waals surface area (Å²) in [5.41, 5.74) is 2.03. The Morgan fingerprint density at radius 2 is 1.82 bits per heavy atom. The summed E-state index contributed by atoms with van der Waals surface area (Å²) in [7, 11) is 0. The lowest BCUT2D eigenvalue weighted by Crippen LogP contribution is -2.48. The van der Waals surface area contributed by atoms with Gasteiger partial charge >= 0.3 is 0 Å². The summed E-state index contributed by atoms with van der Waals surface area (Å²) in [4.78, 5) is 28.7. The molecule has 7 nitrogen and oxygen atoms in total. The number of thiocarbonyl (C=S) groups is 1. The fourth-order valence-corrected chi connectivity index (χ4v) is 4.42. The van der Waals surface area contributed by atoms with Gasteiger partial charge < -0.3 is 19.5 Å². The van der Waals surface area contributed by atoms with Crippen LogP contribution in [-0.2, 0) is 0 Å². The van der Waals surface area contributed by atoms with Gasteiger partial charge in [0.1, 0.15) is 0 Å². The normalized spacial score (nSPS) is 13.5. The van der Waals surface area contributed by atoms with Crippen LogP contribution >= 0.6 is 39.7 Å². The van der Waals surface area contributed by atoms with E-state index in [2.05, 4.69) is 31.5 Å². The molecule has 0 radical (unpaired) electrons. The van der Waals surface area contributed by atoms with Crippen molar-refractivity contribution in [1.29, 1.82) is 0 Å². The first kappa shape index (κ1) is 23.3. The Morgan fingerprint density at radius 1 is 1.03 bits per heavy atom. The zero-order valence-electron chi connectivity index (χ0n) is 17.4. The maximum atomic E-state index is 12.4. The predicted molar refractivity (Wildman–Crippen MR) is 136 cm³/mol. The van der Waals surface area contributed by atoms with Gasteiger partial charge in [0.2, 0.25) is 0 Å². The fraction of sp³-hybridized carbons (Fsp3) is 0.174. The number of nitrogens with zero attached hydrogens (tertiary/aromatic N) is 2. The van der Waals surface area contributed by atoms with E-state index in [1.807, 2.05) is 18.2 Å². The molecule has 10 heteroatoms. The van der Waals surface area contributed by atoms with Crippen LogP contribution in [0.2, 0.25) is 5.02 Å². The summed E-state index contributed by atoms with van der Waals surface area (Å²) >= 11 is 15.1. The zero-order chi connectivity index (χ0) is 23.4. The van der Waals surface area contributed by atoms with E-state index < -0.39 is 0 Å². The average molecular weight is 548 g/mol. The lowest BCUT2D eigenvalue weighted by Gasteiger charge is -2.36. The first-order chi connectivity index (χ1) is 15.9. The van der Waals surface area contributed by atoms with E-state index in [1.54, 1.807) is 41.3 Å². The summed E-state index contributed by atoms with van der Waals surface area (Å²) in [5.74, 6) is -0.0675. The number of anilines is 2. The molecule has 2 amide bonds. The van der Waals surface area contributed by atoms with Crippen LogP contribution in [0.3, 0.4) is 0 Å². The smallest absolute Gasteiger partial charge is 0.289 e. The van der Waals surface area contributed by atoms with Crippen molar-refractivity contribution in [2.24, 2.45) is 0 Å². The van der Waals surface area contributed by atoms with Crippen molar-refractivity contribution in [2.75, 3.05) is 36.4 Å². The lowest BCUT2D eigenvalue weighted by molar-refractivity contribution is 0.0714. The quantitative estimate of drug-likeness (QED) is 0.458. The number of nitrogens with one attached hydrogen (secondary N) is 2. The van der Waals surface area contributed by atoms with Gasteiger partial charge in [-0.2, -0.15) is 0 Å². The van der Waals surface area contributed by atoms with Gasteiger partial charge in [-0.05, 0) is 60.7 Å². The molecule has 1 saturated heterocycles. The number of carbonyl (C=O) groups excluding carboxylic acids is 2. The summed E-state index contributed by atoms with van der Waals surface area (Å²) in [6.07, 6.45) is 1.50. The molecule has 33 heavy (non-hydrogen) atoms. The van der Waals surface area contributed by atoms with Gasteiger partial charge in [-0.15, -0.1) is 0 Å². The van der Waals surface area contributed by atoms with Gasteiger partial charge in [-0.3, -0.25) is 14.9 Å². The molecule has 0 atom stereocenters. The van der Waals surface area contributed by atoms with Crippen LogP contribution in [0, 0.1) is 0 Å². The van der Waals surface area contributed by atoms with E-state index in [9.17, 15) is 9.59 Å². The van der Waals surface area contributed by atoms with E-state index in [4.69, 9.17) is 28.2 Å². The summed E-state index contributed by atoms with van der Waals surface area (Å²) in [5, 5.41) is 6.37. The number of piperazine rings is 1. The Labute approximate surface area is 209 Å². The van der Waals surface area contributed by atoms with Crippen molar-refractivity contribution >= 4 is 68.1 Å². The number of hydrogen-bond donors (Lipinski definition) is 2. The third-order valence-electron chi connectivity index (χ3n) is 5.16. The largest absolute Gasteiger partial charge is 0.459 e. The molecule has 2 heterocycles. The second-order valence-corrected chi connectivity index (χ2v) is 9.07. The van der Waals surface area contributed by atoms with Crippen molar-refractivity contribution < 1.29 is 14.0 Å². The minimum Gasteiger partial charge on any atom is -0.459 e. The van der Waals surface area contributed by atoms with E-state index in [0.717, 1.165) is 10.2 Å². The molecule has 0 aliphatic carbocycles. The highest BCUT2D eigenvalue weighted by Gasteiger charge is 2.24. The molecule has 1 aromatic heterocycles. The molecule has 3 aromatic rings. The van der Waals surface area contributed by atoms with E-state index in [1.165, 1.54) is 6.26 Å². The van der Waals surface area contributed by atoms with Crippen LogP contribution in [0.25, 0.3) is 0 Å². The van der Waals surface area contributed by atoms with Gasteiger partial charge in [-0.1, -0.05) is 33.6 Å². The van der Waals surface area contributed by atoms with Crippen LogP contribution in [0.15, 0.2) is 69.8 Å². The number of benzene rings is 2. The van der Waals surface area contributed by atoms with E-state index in [0.29, 0.717) is 48.2 Å². The Hall–Kier alpha value is -2.88. The highest BCUT2D eigenvalue weighted by Crippen LogP contribution is 2.30. The second-order valence-electron chi connectivity index (χ2n) is 7.34. The molecule has 0 spiro atoms. The van der Waals surface area contributed by atoms with Gasteiger partial charge in [0.25, 0.3) is 11.8 Å². The van der Waals surface area contributed by atoms with Crippen LogP contribution in [0.1, 0.15) is 20.9 Å². The maximum Gasteiger partial charge on any atom is 0.289 e. The lowest BCUT2D eigenvalue weighted by atomic mass is 10.2. The summed E-state index contributed by atoms with van der Waals surface area (Å²) in [6.45, 7) is 2.45. The Bertz CT molecular complexity index is 1180. The first-order valence-corrected chi connectivity index (χ1v) is 11.7. The minimum absolute atomic E-state index is 0.108. The van der Waals surface area contributed by atoms with Crippen LogP contribution in [-0.4, -0.2) is 48.0 Å². The SMILES string of the molecule is O=C(NC(=S)Nc1ccc(N2CCN(C(=O)c3ccco3)CC2)c(Cl)c1)c1cccc(Br)c1. The first-order valence-electron chi connectivity index (χ1n) is 10.2. The topological polar surface area (TPSA) is 77.8 Å². The molecular weight excluding hydrogens is 528 g/mol. The van der Waals surface area contributed by atoms with Crippen molar-refractivity contribution in [2.45, 2.75) is 0 Å². The molecular formula is C23H20BrClN4O3S. The molecule has 0 bridgehead atoms. The molecule has 2 aromatic carbocycles. The average Bonchev–Trinajstić information content (AvgIpc) is 3.34. The van der Waals surface area contributed by atoms with Gasteiger partial charge in [-0.25, -0.2) is 0 Å². The van der Waals surface area contributed by atoms with Crippen LogP contribution in [0.4, 0.5) is 11.4 Å². The standard InChI is InChI=1S/C23H20BrClN4O3S/c24-16-4-1-3-15(13-16)21(30)27-23(33)26-17-6-7-19(18(25)14-17)28-8-10-29(11-9-28)22(31)20-5-2-12-32-20/h1-7,12-14H,8-11H2,(H2,26,27,30,33). The number of furan rings is 1. The van der Waals surface area contributed by atoms with Gasteiger partial charge in [0, 0.05) is 41.9 Å². The molecule has 4 rings (SSSR count). The number of rotatable bonds is 4. The molecule has 0 saturated carbocycles. The highest BCUT2D eigenvalue weighted by atomic mass is 79.9. The number of hydrogen-bond acceptors (Lipinski definition) is 5. The second kappa shape index (κ2) is 10.4. The summed E-state index contributed by atoms with van der Waals surface area (Å²) < 4.78 is 6.01. The van der Waals surface area contributed by atoms with E-state index in [-0.39, 0.29) is 16.9 Å². The highest BCUT2D eigenvalue weighted by molar-refractivity contribution is 9.10. The number of halogens is 2. The van der Waals surface area contributed by atoms with Gasteiger partial charge in [0.15, 0.2) is 10.9 Å². The Morgan fingerprint density at radius 3 is 2.48 bits per heavy atom. The Kier molecular flexibility index (Phi) is 7.32. The molecule has 2 N–H and O–H groups in total. The van der Waals surface area contributed by atoms with Crippen molar-refractivity contribution in [3.05, 3.63) is 81.7 Å². The monoisotopic (exact) mass is 546 g/mol. The number of amides is 2. The summed E-state index contributed by atoms with van der Waals surface area (Å²) in [6, 6.07) is 15.9. The van der Waals surface area contributed by atoms with E-state index >= 15 is 0 Å².